The van der Waals surface area contributed by atoms with Gasteiger partial charge in [-0.25, -0.2) is 18.2 Å². The van der Waals surface area contributed by atoms with Crippen molar-refractivity contribution in [1.29, 1.82) is 0 Å². The zero-order chi connectivity index (χ0) is 30.0. The molecule has 0 unspecified atom stereocenters. The lowest BCUT2D eigenvalue weighted by atomic mass is 9.81. The number of nitrogens with zero attached hydrogens (tertiary/aromatic N) is 1. The number of hydrogen-bond acceptors (Lipinski definition) is 8. The molecule has 0 amide bonds. The van der Waals surface area contributed by atoms with Gasteiger partial charge in [-0.2, -0.15) is 0 Å². The van der Waals surface area contributed by atoms with Crippen molar-refractivity contribution in [3.8, 4) is 5.75 Å². The maximum Gasteiger partial charge on any atom is 0.248 e. The molecule has 220 valence electrons. The summed E-state index contributed by atoms with van der Waals surface area (Å²) in [7, 11) is 5.22. The number of alkyl halides is 2. The predicted octanol–water partition coefficient (Wildman–Crippen LogP) is 3.60. The van der Waals surface area contributed by atoms with E-state index in [4.69, 9.17) is 9.47 Å². The monoisotopic (exact) mass is 564 g/mol. The maximum absolute atomic E-state index is 14.7. The molecule has 1 aliphatic carbocycles. The summed E-state index contributed by atoms with van der Waals surface area (Å²) in [5, 5.41) is 9.87. The molecular weight excluding hydrogens is 525 g/mol. The molecule has 40 heavy (non-hydrogen) atoms. The summed E-state index contributed by atoms with van der Waals surface area (Å²) in [4.78, 5) is 22.6. The van der Waals surface area contributed by atoms with E-state index < -0.39 is 11.7 Å². The fourth-order valence-corrected chi connectivity index (χ4v) is 3.63. The Morgan fingerprint density at radius 2 is 1.73 bits per heavy atom. The van der Waals surface area contributed by atoms with Gasteiger partial charge in [-0.05, 0) is 62.0 Å². The lowest BCUT2D eigenvalue weighted by Gasteiger charge is -2.34. The number of carbonyl (C=O) groups is 2. The first-order valence-electron chi connectivity index (χ1n) is 12.7. The number of hydrogen-bond donors (Lipinski definition) is 3. The average molecular weight is 565 g/mol. The Morgan fingerprint density at radius 3 is 2.17 bits per heavy atom. The number of aldehydes is 2. The highest BCUT2D eigenvalue weighted by Crippen LogP contribution is 2.41. The molecule has 0 spiro atoms. The summed E-state index contributed by atoms with van der Waals surface area (Å²) in [6.45, 7) is 7.22. The van der Waals surface area contributed by atoms with Crippen LogP contribution >= 0.6 is 0 Å². The summed E-state index contributed by atoms with van der Waals surface area (Å²) >= 11 is 0. The molecule has 11 heteroatoms. The molecule has 1 saturated carbocycles. The van der Waals surface area contributed by atoms with Crippen LogP contribution in [0.1, 0.15) is 26.2 Å². The SMILES string of the molecule is C=c1cc(OCCOC)cc(F)/c1=C(/N=C\C)Nc1ccc(NC)cc1.CNCC1CC(F)(F)C1.O=CCC=O. The zero-order valence-corrected chi connectivity index (χ0v) is 23.4. The summed E-state index contributed by atoms with van der Waals surface area (Å²) in [5.41, 5.74) is 1.78. The van der Waals surface area contributed by atoms with Gasteiger partial charge in [-0.3, -0.25) is 0 Å². The van der Waals surface area contributed by atoms with Crippen LogP contribution in [0.5, 0.6) is 5.75 Å². The molecule has 3 rings (SSSR count). The smallest absolute Gasteiger partial charge is 0.248 e. The Balaban J connectivity index is 0.000000467. The van der Waals surface area contributed by atoms with Crippen molar-refractivity contribution in [2.75, 3.05) is 51.6 Å². The van der Waals surface area contributed by atoms with Crippen molar-refractivity contribution in [2.45, 2.75) is 32.1 Å². The third-order valence-corrected chi connectivity index (χ3v) is 5.49. The molecule has 2 aromatic carbocycles. The molecule has 0 saturated heterocycles. The van der Waals surface area contributed by atoms with Gasteiger partial charge in [-0.1, -0.05) is 6.58 Å². The maximum atomic E-state index is 14.7. The van der Waals surface area contributed by atoms with Crippen LogP contribution in [0.25, 0.3) is 12.4 Å². The number of anilines is 2. The molecular formula is C29H39F3N4O4. The molecule has 8 nitrogen and oxygen atoms in total. The van der Waals surface area contributed by atoms with Crippen molar-refractivity contribution in [1.82, 2.24) is 5.32 Å². The molecule has 0 aliphatic heterocycles. The third kappa shape index (κ3) is 12.4. The first-order chi connectivity index (χ1) is 19.1. The Morgan fingerprint density at radius 1 is 1.10 bits per heavy atom. The van der Waals surface area contributed by atoms with Gasteiger partial charge in [0.05, 0.1) is 18.2 Å². The van der Waals surface area contributed by atoms with Crippen LogP contribution in [0, 0.1) is 11.7 Å². The minimum Gasteiger partial charge on any atom is -0.491 e. The van der Waals surface area contributed by atoms with Crippen molar-refractivity contribution >= 4 is 42.6 Å². The highest BCUT2D eigenvalue weighted by atomic mass is 19.3. The van der Waals surface area contributed by atoms with E-state index in [1.165, 1.54) is 6.07 Å². The van der Waals surface area contributed by atoms with E-state index in [1.54, 1.807) is 33.4 Å². The number of ether oxygens (including phenoxy) is 2. The van der Waals surface area contributed by atoms with Gasteiger partial charge in [-0.15, -0.1) is 0 Å². The second-order valence-corrected chi connectivity index (χ2v) is 8.73. The first kappa shape index (κ1) is 34.3. The van der Waals surface area contributed by atoms with E-state index >= 15 is 0 Å². The number of carbonyl (C=O) groups excluding carboxylic acids is 2. The molecule has 0 bridgehead atoms. The molecule has 1 fully saturated rings. The Hall–Kier alpha value is -3.70. The average Bonchev–Trinajstić information content (AvgIpc) is 2.89. The number of aliphatic imine (C=N–C) groups is 1. The largest absolute Gasteiger partial charge is 0.491 e. The number of rotatable bonds is 12. The van der Waals surface area contributed by atoms with E-state index in [9.17, 15) is 22.8 Å². The predicted molar refractivity (Wildman–Crippen MR) is 154 cm³/mol. The molecule has 0 radical (unpaired) electrons. The topological polar surface area (TPSA) is 101 Å². The molecule has 0 atom stereocenters. The highest BCUT2D eigenvalue weighted by Gasteiger charge is 2.44. The van der Waals surface area contributed by atoms with Crippen LogP contribution in [0.15, 0.2) is 41.4 Å². The third-order valence-electron chi connectivity index (χ3n) is 5.49. The second-order valence-electron chi connectivity index (χ2n) is 8.73. The fourth-order valence-electron chi connectivity index (χ4n) is 3.63. The van der Waals surface area contributed by atoms with Crippen molar-refractivity contribution in [3.05, 3.63) is 52.7 Å². The van der Waals surface area contributed by atoms with Gasteiger partial charge >= 0.3 is 0 Å². The van der Waals surface area contributed by atoms with Crippen molar-refractivity contribution in [3.63, 3.8) is 0 Å². The molecule has 3 N–H and O–H groups in total. The van der Waals surface area contributed by atoms with Gasteiger partial charge in [0.2, 0.25) is 5.92 Å². The van der Waals surface area contributed by atoms with E-state index in [1.807, 2.05) is 31.3 Å². The Labute approximate surface area is 233 Å². The number of methoxy groups -OCH3 is 1. The van der Waals surface area contributed by atoms with Gasteiger partial charge in [0.25, 0.3) is 0 Å². The van der Waals surface area contributed by atoms with Gasteiger partial charge < -0.3 is 35.0 Å². The van der Waals surface area contributed by atoms with E-state index in [0.29, 0.717) is 47.8 Å². The van der Waals surface area contributed by atoms with Crippen LogP contribution in [-0.4, -0.2) is 65.7 Å². The van der Waals surface area contributed by atoms with E-state index in [2.05, 4.69) is 27.5 Å². The van der Waals surface area contributed by atoms with Gasteiger partial charge in [0, 0.05) is 50.7 Å². The van der Waals surface area contributed by atoms with E-state index in [0.717, 1.165) is 17.9 Å². The normalized spacial score (nSPS) is 14.5. The van der Waals surface area contributed by atoms with Crippen LogP contribution in [0.2, 0.25) is 0 Å². The molecule has 0 heterocycles. The highest BCUT2D eigenvalue weighted by molar-refractivity contribution is 5.72. The summed E-state index contributed by atoms with van der Waals surface area (Å²) in [6, 6.07) is 10.6. The van der Waals surface area contributed by atoms with Crippen LogP contribution in [0.4, 0.5) is 24.5 Å². The Kier molecular flexibility index (Phi) is 15.9. The van der Waals surface area contributed by atoms with E-state index in [-0.39, 0.29) is 25.2 Å². The first-order valence-corrected chi connectivity index (χ1v) is 12.7. The standard InChI is InChI=1S/C20H24FN3O2.C6H11F2N.C3H4O2/c1-5-23-20(24-16-8-6-15(22-3)7-9-16)19-14(2)12-17(13-18(19)21)26-11-10-25-4;1-9-4-5-2-6(7,8)3-5;4-2-1-3-5/h5-9,12-13,22,24H,2,10-11H2,1,3-4H3;5,9H,2-4H2,1H3;2-3H,1H2/b20-19-,23-5-;;. The summed E-state index contributed by atoms with van der Waals surface area (Å²) in [6.07, 6.45) is 2.91. The number of benzene rings is 2. The summed E-state index contributed by atoms with van der Waals surface area (Å²) < 4.78 is 49.3. The lowest BCUT2D eigenvalue weighted by molar-refractivity contribution is -0.114. The minimum absolute atomic E-state index is 0.0278. The minimum atomic E-state index is -2.35. The fraction of sp³-hybridized carbons (Fsp3) is 0.414. The Bertz CT molecular complexity index is 1180. The second kappa shape index (κ2) is 18.6. The van der Waals surface area contributed by atoms with Gasteiger partial charge in [0.15, 0.2) is 0 Å². The lowest BCUT2D eigenvalue weighted by Crippen LogP contribution is -2.40. The molecule has 2 aromatic rings. The molecule has 0 aromatic heterocycles. The summed E-state index contributed by atoms with van der Waals surface area (Å²) in [5.74, 6) is -1.79. The van der Waals surface area contributed by atoms with Crippen molar-refractivity contribution < 1.29 is 32.2 Å². The van der Waals surface area contributed by atoms with Crippen LogP contribution in [-0.2, 0) is 14.3 Å². The van der Waals surface area contributed by atoms with Gasteiger partial charge in [0.1, 0.15) is 36.6 Å². The number of nitrogens with one attached hydrogen (secondary N) is 3. The zero-order valence-electron chi connectivity index (χ0n) is 23.4. The number of halogens is 3. The quantitative estimate of drug-likeness (QED) is 0.157. The van der Waals surface area contributed by atoms with Crippen molar-refractivity contribution in [2.24, 2.45) is 10.9 Å². The van der Waals surface area contributed by atoms with Crippen LogP contribution < -0.4 is 31.1 Å². The molecule has 1 aliphatic rings. The van der Waals surface area contributed by atoms with Crippen LogP contribution in [0.3, 0.4) is 0 Å².